The minimum Gasteiger partial charge on any atom is -0.340 e. The van der Waals surface area contributed by atoms with Crippen LogP contribution in [0.3, 0.4) is 0 Å². The zero-order chi connectivity index (χ0) is 17.6. The maximum absolute atomic E-state index is 12.8. The number of carbonyl (C=O) groups is 2. The first kappa shape index (κ1) is 18.5. The average Bonchev–Trinajstić information content (AvgIpc) is 3.21. The second kappa shape index (κ2) is 8.91. The molecule has 0 radical (unpaired) electrons. The van der Waals surface area contributed by atoms with Crippen molar-refractivity contribution in [1.29, 1.82) is 0 Å². The Kier molecular flexibility index (Phi) is 6.60. The summed E-state index contributed by atoms with van der Waals surface area (Å²) in [7, 11) is 0. The van der Waals surface area contributed by atoms with E-state index in [9.17, 15) is 9.59 Å². The molecule has 0 aromatic carbocycles. The Morgan fingerprint density at radius 1 is 1.08 bits per heavy atom. The van der Waals surface area contributed by atoms with Crippen molar-refractivity contribution in [3.05, 3.63) is 0 Å². The van der Waals surface area contributed by atoms with Gasteiger partial charge in [0.2, 0.25) is 5.91 Å². The third-order valence-electron chi connectivity index (χ3n) is 6.41. The van der Waals surface area contributed by atoms with Gasteiger partial charge in [0.05, 0.1) is 0 Å². The van der Waals surface area contributed by atoms with E-state index in [1.165, 1.54) is 25.7 Å². The minimum absolute atomic E-state index is 0.124. The van der Waals surface area contributed by atoms with Crippen molar-refractivity contribution < 1.29 is 9.59 Å². The second-order valence-corrected chi connectivity index (χ2v) is 8.15. The normalized spacial score (nSPS) is 26.8. The van der Waals surface area contributed by atoms with E-state index in [4.69, 9.17) is 0 Å². The number of hydrogen-bond acceptors (Lipinski definition) is 2. The molecular formula is C20H35N3O2. The predicted molar refractivity (Wildman–Crippen MR) is 99.3 cm³/mol. The second-order valence-electron chi connectivity index (χ2n) is 8.15. The lowest BCUT2D eigenvalue weighted by atomic mass is 9.94. The number of rotatable bonds is 5. The van der Waals surface area contributed by atoms with Crippen molar-refractivity contribution in [2.45, 2.75) is 89.6 Å². The quantitative estimate of drug-likeness (QED) is 0.825. The van der Waals surface area contributed by atoms with Crippen LogP contribution in [0.15, 0.2) is 0 Å². The van der Waals surface area contributed by atoms with E-state index >= 15 is 0 Å². The molecule has 0 spiro atoms. The van der Waals surface area contributed by atoms with E-state index < -0.39 is 0 Å². The van der Waals surface area contributed by atoms with Crippen molar-refractivity contribution in [1.82, 2.24) is 15.1 Å². The third-order valence-corrected chi connectivity index (χ3v) is 6.41. The summed E-state index contributed by atoms with van der Waals surface area (Å²) in [6.45, 7) is 4.73. The van der Waals surface area contributed by atoms with Crippen molar-refractivity contribution in [2.75, 3.05) is 19.6 Å². The highest BCUT2D eigenvalue weighted by atomic mass is 16.2. The highest BCUT2D eigenvalue weighted by Crippen LogP contribution is 2.30. The van der Waals surface area contributed by atoms with Gasteiger partial charge in [-0.05, 0) is 50.9 Å². The Morgan fingerprint density at radius 3 is 2.56 bits per heavy atom. The molecule has 3 fully saturated rings. The SMILES string of the molecule is CCCC(NC(=O)N1CCCC(N2CCCC2=O)CC1)C1CCCC1. The zero-order valence-corrected chi connectivity index (χ0v) is 15.8. The van der Waals surface area contributed by atoms with Gasteiger partial charge in [-0.25, -0.2) is 4.79 Å². The molecule has 0 aromatic heterocycles. The molecule has 2 aliphatic heterocycles. The lowest BCUT2D eigenvalue weighted by molar-refractivity contribution is -0.129. The number of hydrogen-bond donors (Lipinski definition) is 1. The molecule has 5 heteroatoms. The van der Waals surface area contributed by atoms with Crippen LogP contribution in [-0.2, 0) is 4.79 Å². The molecule has 25 heavy (non-hydrogen) atoms. The van der Waals surface area contributed by atoms with Crippen molar-refractivity contribution in [3.63, 3.8) is 0 Å². The Bertz CT molecular complexity index is 462. The smallest absolute Gasteiger partial charge is 0.317 e. The summed E-state index contributed by atoms with van der Waals surface area (Å²) in [5.41, 5.74) is 0. The monoisotopic (exact) mass is 349 g/mol. The maximum Gasteiger partial charge on any atom is 0.317 e. The molecule has 5 nitrogen and oxygen atoms in total. The Hall–Kier alpha value is -1.26. The maximum atomic E-state index is 12.8. The van der Waals surface area contributed by atoms with Crippen LogP contribution < -0.4 is 5.32 Å². The van der Waals surface area contributed by atoms with E-state index in [2.05, 4.69) is 17.1 Å². The van der Waals surface area contributed by atoms with Gasteiger partial charge in [-0.15, -0.1) is 0 Å². The average molecular weight is 350 g/mol. The largest absolute Gasteiger partial charge is 0.340 e. The molecule has 3 aliphatic rings. The molecule has 142 valence electrons. The van der Waals surface area contributed by atoms with E-state index in [0.717, 1.165) is 58.2 Å². The molecule has 0 bridgehead atoms. The summed E-state index contributed by atoms with van der Waals surface area (Å²) in [4.78, 5) is 28.9. The van der Waals surface area contributed by atoms with Gasteiger partial charge < -0.3 is 15.1 Å². The van der Waals surface area contributed by atoms with E-state index in [-0.39, 0.29) is 6.03 Å². The molecule has 3 amide bonds. The number of amides is 3. The zero-order valence-electron chi connectivity index (χ0n) is 15.8. The third kappa shape index (κ3) is 4.68. The first-order valence-corrected chi connectivity index (χ1v) is 10.5. The van der Waals surface area contributed by atoms with Crippen molar-refractivity contribution in [2.24, 2.45) is 5.92 Å². The number of carbonyl (C=O) groups excluding carboxylic acids is 2. The topological polar surface area (TPSA) is 52.7 Å². The summed E-state index contributed by atoms with van der Waals surface area (Å²) in [6, 6.07) is 0.812. The highest BCUT2D eigenvalue weighted by Gasteiger charge is 2.31. The van der Waals surface area contributed by atoms with Crippen LogP contribution in [0.4, 0.5) is 4.79 Å². The molecule has 2 unspecified atom stereocenters. The predicted octanol–water partition coefficient (Wildman–Crippen LogP) is 3.53. The van der Waals surface area contributed by atoms with Gasteiger partial charge in [-0.1, -0.05) is 26.2 Å². The van der Waals surface area contributed by atoms with Crippen LogP contribution in [0.1, 0.15) is 77.6 Å². The molecule has 2 saturated heterocycles. The van der Waals surface area contributed by atoms with E-state index in [0.29, 0.717) is 30.3 Å². The van der Waals surface area contributed by atoms with Gasteiger partial charge in [0.1, 0.15) is 0 Å². The Morgan fingerprint density at radius 2 is 1.88 bits per heavy atom. The molecule has 1 aliphatic carbocycles. The Labute approximate surface area is 152 Å². The molecule has 3 rings (SSSR count). The standard InChI is InChI=1S/C20H35N3O2/c1-2-7-18(16-8-3-4-9-16)21-20(25)22-13-5-10-17(12-15-22)23-14-6-11-19(23)24/h16-18H,2-15H2,1H3,(H,21,25). The molecule has 2 heterocycles. The van der Waals surface area contributed by atoms with Gasteiger partial charge in [0.15, 0.2) is 0 Å². The summed E-state index contributed by atoms with van der Waals surface area (Å²) < 4.78 is 0. The van der Waals surface area contributed by atoms with Crippen molar-refractivity contribution in [3.8, 4) is 0 Å². The summed E-state index contributed by atoms with van der Waals surface area (Å²) in [5.74, 6) is 0.984. The fraction of sp³-hybridized carbons (Fsp3) is 0.900. The van der Waals surface area contributed by atoms with Crippen LogP contribution in [-0.4, -0.2) is 53.5 Å². The number of nitrogens with one attached hydrogen (secondary N) is 1. The highest BCUT2D eigenvalue weighted by molar-refractivity contribution is 5.78. The molecule has 1 saturated carbocycles. The van der Waals surface area contributed by atoms with Gasteiger partial charge in [-0.3, -0.25) is 4.79 Å². The molecular weight excluding hydrogens is 314 g/mol. The molecule has 0 aromatic rings. The molecule has 2 atom stereocenters. The lowest BCUT2D eigenvalue weighted by Crippen LogP contribution is -2.47. The Balaban J connectivity index is 1.52. The summed E-state index contributed by atoms with van der Waals surface area (Å²) >= 11 is 0. The van der Waals surface area contributed by atoms with E-state index in [1.807, 2.05) is 4.90 Å². The number of nitrogens with zero attached hydrogens (tertiary/aromatic N) is 2. The van der Waals surface area contributed by atoms with Crippen LogP contribution in [0.2, 0.25) is 0 Å². The number of urea groups is 1. The summed E-state index contributed by atoms with van der Waals surface area (Å²) in [5, 5.41) is 3.36. The minimum atomic E-state index is 0.124. The van der Waals surface area contributed by atoms with Gasteiger partial charge in [-0.2, -0.15) is 0 Å². The fourth-order valence-electron chi connectivity index (χ4n) is 5.00. The lowest BCUT2D eigenvalue weighted by Gasteiger charge is -2.29. The van der Waals surface area contributed by atoms with Crippen LogP contribution in [0.5, 0.6) is 0 Å². The number of likely N-dealkylation sites (tertiary alicyclic amines) is 2. The van der Waals surface area contributed by atoms with E-state index in [1.54, 1.807) is 0 Å². The van der Waals surface area contributed by atoms with Crippen molar-refractivity contribution >= 4 is 11.9 Å². The fourth-order valence-corrected chi connectivity index (χ4v) is 5.00. The first-order valence-electron chi connectivity index (χ1n) is 10.5. The molecule has 1 N–H and O–H groups in total. The van der Waals surface area contributed by atoms with Crippen LogP contribution >= 0.6 is 0 Å². The van der Waals surface area contributed by atoms with Gasteiger partial charge >= 0.3 is 6.03 Å². The first-order chi connectivity index (χ1) is 12.2. The van der Waals surface area contributed by atoms with Gasteiger partial charge in [0.25, 0.3) is 0 Å². The van der Waals surface area contributed by atoms with Crippen LogP contribution in [0, 0.1) is 5.92 Å². The summed E-state index contributed by atoms with van der Waals surface area (Å²) in [6.07, 6.45) is 12.1. The van der Waals surface area contributed by atoms with Gasteiger partial charge in [0, 0.05) is 38.1 Å². The van der Waals surface area contributed by atoms with Crippen LogP contribution in [0.25, 0.3) is 0 Å².